The third-order valence-electron chi connectivity index (χ3n) is 8.09. The molecule has 4 rings (SSSR count). The van der Waals surface area contributed by atoms with Gasteiger partial charge in [0.2, 0.25) is 0 Å². The quantitative estimate of drug-likeness (QED) is 0.434. The summed E-state index contributed by atoms with van der Waals surface area (Å²) in [6.07, 6.45) is 9.82. The van der Waals surface area contributed by atoms with Crippen LogP contribution in [0.3, 0.4) is 0 Å². The highest BCUT2D eigenvalue weighted by molar-refractivity contribution is 5.80. The molecule has 176 valence electrons. The second kappa shape index (κ2) is 8.30. The maximum atomic E-state index is 2.53. The van der Waals surface area contributed by atoms with Crippen molar-refractivity contribution in [2.45, 2.75) is 105 Å². The van der Waals surface area contributed by atoms with Crippen molar-refractivity contribution in [2.75, 3.05) is 0 Å². The molecule has 0 nitrogen and oxygen atoms in total. The van der Waals surface area contributed by atoms with Crippen LogP contribution >= 0.6 is 0 Å². The van der Waals surface area contributed by atoms with Gasteiger partial charge < -0.3 is 0 Å². The van der Waals surface area contributed by atoms with E-state index in [0.29, 0.717) is 5.92 Å². The molecule has 0 unspecified atom stereocenters. The van der Waals surface area contributed by atoms with Crippen LogP contribution in [0.15, 0.2) is 59.7 Å². The first-order valence-electron chi connectivity index (χ1n) is 13.0. The third kappa shape index (κ3) is 4.39. The highest BCUT2D eigenvalue weighted by atomic mass is 14.5. The zero-order valence-corrected chi connectivity index (χ0v) is 22.5. The van der Waals surface area contributed by atoms with E-state index in [1.807, 2.05) is 0 Å². The molecular weight excluding hydrogens is 396 g/mol. The molecular formula is C33H44. The molecule has 2 aromatic carbocycles. The number of benzene rings is 2. The summed E-state index contributed by atoms with van der Waals surface area (Å²) in [7, 11) is 0. The molecule has 0 amide bonds. The highest BCUT2D eigenvalue weighted by Gasteiger charge is 2.42. The molecule has 2 aliphatic rings. The van der Waals surface area contributed by atoms with E-state index >= 15 is 0 Å². The Morgan fingerprint density at radius 2 is 1.24 bits per heavy atom. The summed E-state index contributed by atoms with van der Waals surface area (Å²) in [4.78, 5) is 0. The van der Waals surface area contributed by atoms with Crippen molar-refractivity contribution in [3.8, 4) is 11.1 Å². The molecule has 0 bridgehead atoms. The third-order valence-corrected chi connectivity index (χ3v) is 8.09. The van der Waals surface area contributed by atoms with Crippen LogP contribution in [-0.4, -0.2) is 0 Å². The summed E-state index contributed by atoms with van der Waals surface area (Å²) in [6.45, 7) is 21.3. The smallest absolute Gasteiger partial charge is 0.0190 e. The molecule has 0 radical (unpaired) electrons. The monoisotopic (exact) mass is 440 g/mol. The van der Waals surface area contributed by atoms with E-state index in [1.54, 1.807) is 11.1 Å². The Kier molecular flexibility index (Phi) is 6.05. The summed E-state index contributed by atoms with van der Waals surface area (Å²) >= 11 is 0. The topological polar surface area (TPSA) is 0 Å². The van der Waals surface area contributed by atoms with Crippen molar-refractivity contribution in [1.82, 2.24) is 0 Å². The van der Waals surface area contributed by atoms with Crippen LogP contribution < -0.4 is 0 Å². The number of fused-ring (bicyclic) bond motifs is 3. The second-order valence-electron chi connectivity index (χ2n) is 13.1. The Labute approximate surface area is 203 Å². The van der Waals surface area contributed by atoms with Gasteiger partial charge in [0, 0.05) is 5.92 Å². The van der Waals surface area contributed by atoms with E-state index in [2.05, 4.69) is 111 Å². The molecule has 0 N–H and O–H groups in total. The summed E-state index contributed by atoms with van der Waals surface area (Å²) in [5.41, 5.74) is 12.4. The molecule has 0 atom stereocenters. The van der Waals surface area contributed by atoms with Gasteiger partial charge in [0.05, 0.1) is 0 Å². The van der Waals surface area contributed by atoms with Crippen molar-refractivity contribution in [3.05, 3.63) is 82.0 Å². The van der Waals surface area contributed by atoms with Gasteiger partial charge in [-0.3, -0.25) is 0 Å². The van der Waals surface area contributed by atoms with E-state index in [9.17, 15) is 0 Å². The summed E-state index contributed by atoms with van der Waals surface area (Å²) in [6, 6.07) is 14.6. The van der Waals surface area contributed by atoms with Crippen LogP contribution in [0.1, 0.15) is 116 Å². The number of unbranched alkanes of at least 4 members (excludes halogenated alkanes) is 1. The van der Waals surface area contributed by atoms with Gasteiger partial charge in [0.15, 0.2) is 0 Å². The lowest BCUT2D eigenvalue weighted by atomic mass is 9.67. The minimum atomic E-state index is 0.0669. The Morgan fingerprint density at radius 1 is 0.727 bits per heavy atom. The molecule has 2 aliphatic carbocycles. The van der Waals surface area contributed by atoms with Crippen LogP contribution in [-0.2, 0) is 10.8 Å². The maximum absolute atomic E-state index is 2.53. The Hall–Kier alpha value is -2.08. The molecule has 2 aromatic rings. The predicted molar refractivity (Wildman–Crippen MR) is 145 cm³/mol. The van der Waals surface area contributed by atoms with E-state index in [4.69, 9.17) is 0 Å². The Balaban J connectivity index is 1.83. The largest absolute Gasteiger partial charge is 0.0661 e. The zero-order chi connectivity index (χ0) is 24.2. The molecule has 0 spiro atoms. The normalized spacial score (nSPS) is 16.5. The summed E-state index contributed by atoms with van der Waals surface area (Å²) in [5, 5.41) is 0. The average molecular weight is 441 g/mol. The van der Waals surface area contributed by atoms with Crippen LogP contribution in [0.4, 0.5) is 0 Å². The molecule has 0 fully saturated rings. The van der Waals surface area contributed by atoms with Gasteiger partial charge in [-0.1, -0.05) is 128 Å². The van der Waals surface area contributed by atoms with Crippen molar-refractivity contribution in [1.29, 1.82) is 0 Å². The van der Waals surface area contributed by atoms with E-state index in [1.165, 1.54) is 52.6 Å². The molecule has 0 saturated carbocycles. The molecule has 33 heavy (non-hydrogen) atoms. The fourth-order valence-electron chi connectivity index (χ4n) is 5.76. The van der Waals surface area contributed by atoms with Gasteiger partial charge in [-0.25, -0.2) is 0 Å². The van der Waals surface area contributed by atoms with E-state index < -0.39 is 0 Å². The average Bonchev–Trinajstić information content (AvgIpc) is 3.33. The molecule has 0 heteroatoms. The lowest BCUT2D eigenvalue weighted by Crippen LogP contribution is -2.25. The molecule has 0 saturated heterocycles. The first-order chi connectivity index (χ1) is 15.3. The lowest BCUT2D eigenvalue weighted by Gasteiger charge is -2.36. The van der Waals surface area contributed by atoms with Crippen molar-refractivity contribution >= 4 is 0 Å². The minimum absolute atomic E-state index is 0.0669. The number of allylic oxidation sites excluding steroid dienone is 4. The highest BCUT2D eigenvalue weighted by Crippen LogP contribution is 2.57. The van der Waals surface area contributed by atoms with Gasteiger partial charge in [0.1, 0.15) is 0 Å². The predicted octanol–water partition coefficient (Wildman–Crippen LogP) is 9.87. The van der Waals surface area contributed by atoms with Crippen molar-refractivity contribution in [2.24, 2.45) is 5.41 Å². The van der Waals surface area contributed by atoms with Gasteiger partial charge in [-0.05, 0) is 68.9 Å². The van der Waals surface area contributed by atoms with Crippen LogP contribution in [0.2, 0.25) is 0 Å². The zero-order valence-electron chi connectivity index (χ0n) is 22.5. The lowest BCUT2D eigenvalue weighted by molar-refractivity contribution is 0.385. The first-order valence-corrected chi connectivity index (χ1v) is 13.0. The second-order valence-corrected chi connectivity index (χ2v) is 13.1. The Morgan fingerprint density at radius 3 is 1.70 bits per heavy atom. The van der Waals surface area contributed by atoms with Crippen LogP contribution in [0, 0.1) is 5.41 Å². The number of hydrogen-bond acceptors (Lipinski definition) is 0. The minimum Gasteiger partial charge on any atom is -0.0661 e. The first kappa shape index (κ1) is 24.1. The van der Waals surface area contributed by atoms with Gasteiger partial charge >= 0.3 is 0 Å². The Bertz CT molecular complexity index is 1040. The number of hydrogen-bond donors (Lipinski definition) is 0. The van der Waals surface area contributed by atoms with Crippen molar-refractivity contribution < 1.29 is 0 Å². The van der Waals surface area contributed by atoms with Gasteiger partial charge in [0.25, 0.3) is 0 Å². The summed E-state index contributed by atoms with van der Waals surface area (Å²) in [5.74, 6) is 0.386. The van der Waals surface area contributed by atoms with Crippen molar-refractivity contribution in [3.63, 3.8) is 0 Å². The van der Waals surface area contributed by atoms with Crippen LogP contribution in [0.25, 0.3) is 11.1 Å². The van der Waals surface area contributed by atoms with Gasteiger partial charge in [-0.2, -0.15) is 0 Å². The number of rotatable bonds is 5. The standard InChI is InChI=1S/C33H44/c1-10-11-12-22-13-14-25(19-22)33(8,9)30-28-20-23(31(2,3)4)15-17-26(28)27-18-16-24(21-29(27)30)32(5,6)7/h13-18,20-21,30H,10-12,19H2,1-9H3. The summed E-state index contributed by atoms with van der Waals surface area (Å²) < 4.78 is 0. The molecule has 0 aliphatic heterocycles. The fourth-order valence-corrected chi connectivity index (χ4v) is 5.76. The maximum Gasteiger partial charge on any atom is 0.0190 e. The van der Waals surface area contributed by atoms with Gasteiger partial charge in [-0.15, -0.1) is 0 Å². The fraction of sp³-hybridized carbons (Fsp3) is 0.515. The molecule has 0 aromatic heterocycles. The van der Waals surface area contributed by atoms with E-state index in [-0.39, 0.29) is 16.2 Å². The van der Waals surface area contributed by atoms with E-state index in [0.717, 1.165) is 6.42 Å². The molecule has 0 heterocycles. The van der Waals surface area contributed by atoms with Crippen LogP contribution in [0.5, 0.6) is 0 Å². The SMILES string of the molecule is CCCCC1=CC=C(C(C)(C)C2c3cc(C(C)(C)C)ccc3-c3ccc(C(C)(C)C)cc32)C1.